The first-order valence-electron chi connectivity index (χ1n) is 6.82. The average Bonchev–Trinajstić information content (AvgIpc) is 2.61. The van der Waals surface area contributed by atoms with Gasteiger partial charge in [-0.15, -0.1) is 0 Å². The normalized spacial score (nSPS) is 36.6. The first-order chi connectivity index (χ1) is 7.83. The minimum atomic E-state index is 0.722. The van der Waals surface area contributed by atoms with Crippen LogP contribution < -0.4 is 5.73 Å². The number of rotatable bonds is 3. The van der Waals surface area contributed by atoms with E-state index in [1.165, 1.54) is 38.5 Å². The summed E-state index contributed by atoms with van der Waals surface area (Å²) in [6.45, 7) is 2.75. The average molecular weight is 226 g/mol. The molecule has 0 aromatic carbocycles. The third-order valence-corrected chi connectivity index (χ3v) is 4.44. The Hall–Kier alpha value is -0.120. The molecule has 2 N–H and O–H groups in total. The van der Waals surface area contributed by atoms with Crippen LogP contribution >= 0.6 is 0 Å². The Labute approximate surface area is 99.3 Å². The van der Waals surface area contributed by atoms with Crippen LogP contribution in [0.4, 0.5) is 0 Å². The molecule has 2 aliphatic rings. The predicted molar refractivity (Wildman–Crippen MR) is 66.4 cm³/mol. The molecule has 0 aromatic heterocycles. The highest BCUT2D eigenvalue weighted by Crippen LogP contribution is 2.31. The van der Waals surface area contributed by atoms with E-state index in [4.69, 9.17) is 10.5 Å². The van der Waals surface area contributed by atoms with E-state index < -0.39 is 0 Å². The lowest BCUT2D eigenvalue weighted by Gasteiger charge is -2.35. The van der Waals surface area contributed by atoms with Crippen molar-refractivity contribution in [1.82, 2.24) is 4.90 Å². The Balaban J connectivity index is 1.91. The van der Waals surface area contributed by atoms with Gasteiger partial charge in [0.15, 0.2) is 0 Å². The van der Waals surface area contributed by atoms with Crippen molar-refractivity contribution in [2.24, 2.45) is 11.7 Å². The van der Waals surface area contributed by atoms with Crippen molar-refractivity contribution < 1.29 is 4.74 Å². The molecule has 1 saturated carbocycles. The maximum atomic E-state index is 5.87. The number of nitrogens with zero attached hydrogens (tertiary/aromatic N) is 1. The molecule has 94 valence electrons. The van der Waals surface area contributed by atoms with Crippen molar-refractivity contribution in [1.29, 1.82) is 0 Å². The van der Waals surface area contributed by atoms with Crippen LogP contribution in [0.15, 0.2) is 0 Å². The highest BCUT2D eigenvalue weighted by Gasteiger charge is 2.32. The van der Waals surface area contributed by atoms with Gasteiger partial charge in [0, 0.05) is 25.3 Å². The van der Waals surface area contributed by atoms with Gasteiger partial charge >= 0.3 is 0 Å². The van der Waals surface area contributed by atoms with E-state index in [0.29, 0.717) is 0 Å². The highest BCUT2D eigenvalue weighted by molar-refractivity contribution is 4.88. The van der Waals surface area contributed by atoms with Crippen LogP contribution in [0, 0.1) is 5.92 Å². The van der Waals surface area contributed by atoms with Crippen molar-refractivity contribution in [2.75, 3.05) is 26.8 Å². The molecular weight excluding hydrogens is 200 g/mol. The van der Waals surface area contributed by atoms with Gasteiger partial charge in [-0.3, -0.25) is 0 Å². The number of hydrogen-bond donors (Lipinski definition) is 1. The molecule has 3 heteroatoms. The smallest absolute Gasteiger partial charge is 0.0480 e. The van der Waals surface area contributed by atoms with Crippen molar-refractivity contribution in [2.45, 2.75) is 50.6 Å². The number of hydrogen-bond acceptors (Lipinski definition) is 3. The molecule has 16 heavy (non-hydrogen) atoms. The van der Waals surface area contributed by atoms with E-state index in [2.05, 4.69) is 11.9 Å². The Morgan fingerprint density at radius 3 is 2.81 bits per heavy atom. The second kappa shape index (κ2) is 5.99. The van der Waals surface area contributed by atoms with Crippen LogP contribution in [0.5, 0.6) is 0 Å². The highest BCUT2D eigenvalue weighted by atomic mass is 16.5. The lowest BCUT2D eigenvalue weighted by atomic mass is 9.99. The Bertz CT molecular complexity index is 202. The van der Waals surface area contributed by atoms with Crippen LogP contribution in [0.25, 0.3) is 0 Å². The zero-order valence-corrected chi connectivity index (χ0v) is 10.5. The topological polar surface area (TPSA) is 38.5 Å². The molecular formula is C13H26N2O. The molecule has 0 aromatic rings. The van der Waals surface area contributed by atoms with Crippen molar-refractivity contribution in [3.05, 3.63) is 0 Å². The van der Waals surface area contributed by atoms with Crippen LogP contribution in [-0.2, 0) is 4.74 Å². The Morgan fingerprint density at radius 2 is 2.00 bits per heavy atom. The van der Waals surface area contributed by atoms with Gasteiger partial charge in [0.25, 0.3) is 0 Å². The van der Waals surface area contributed by atoms with E-state index in [1.807, 2.05) is 0 Å². The largest absolute Gasteiger partial charge is 0.381 e. The molecule has 3 unspecified atom stereocenters. The Morgan fingerprint density at radius 1 is 1.12 bits per heavy atom. The molecule has 0 spiro atoms. The van der Waals surface area contributed by atoms with E-state index in [-0.39, 0.29) is 0 Å². The molecule has 1 saturated heterocycles. The summed E-state index contributed by atoms with van der Waals surface area (Å²) in [5, 5.41) is 0. The fourth-order valence-electron chi connectivity index (χ4n) is 3.39. The molecule has 0 amide bonds. The molecule has 1 heterocycles. The van der Waals surface area contributed by atoms with Crippen LogP contribution in [0.1, 0.15) is 38.5 Å². The predicted octanol–water partition coefficient (Wildman–Crippen LogP) is 1.61. The monoisotopic (exact) mass is 226 g/mol. The summed E-state index contributed by atoms with van der Waals surface area (Å²) < 4.78 is 5.54. The zero-order valence-electron chi connectivity index (χ0n) is 10.5. The second-order valence-corrected chi connectivity index (χ2v) is 5.36. The van der Waals surface area contributed by atoms with Gasteiger partial charge in [-0.1, -0.05) is 6.42 Å². The van der Waals surface area contributed by atoms with Gasteiger partial charge in [-0.25, -0.2) is 0 Å². The summed E-state index contributed by atoms with van der Waals surface area (Å²) in [6.07, 6.45) is 7.74. The quantitative estimate of drug-likeness (QED) is 0.794. The molecule has 3 nitrogen and oxygen atoms in total. The van der Waals surface area contributed by atoms with E-state index >= 15 is 0 Å². The maximum absolute atomic E-state index is 5.87. The van der Waals surface area contributed by atoms with E-state index in [9.17, 15) is 0 Å². The zero-order chi connectivity index (χ0) is 11.4. The molecule has 3 atom stereocenters. The first-order valence-corrected chi connectivity index (χ1v) is 6.82. The first kappa shape index (κ1) is 12.3. The Kier molecular flexibility index (Phi) is 4.62. The minimum Gasteiger partial charge on any atom is -0.381 e. The second-order valence-electron chi connectivity index (χ2n) is 5.36. The van der Waals surface area contributed by atoms with Gasteiger partial charge in [-0.05, 0) is 51.6 Å². The molecule has 1 aliphatic carbocycles. The fourth-order valence-corrected chi connectivity index (χ4v) is 3.39. The SMILES string of the molecule is CN(C1CCCOCC1)C1CCCC1CN. The summed E-state index contributed by atoms with van der Waals surface area (Å²) in [7, 11) is 2.30. The summed E-state index contributed by atoms with van der Waals surface area (Å²) in [5.74, 6) is 0.731. The van der Waals surface area contributed by atoms with Crippen LogP contribution in [0.2, 0.25) is 0 Å². The molecule has 0 bridgehead atoms. The third-order valence-electron chi connectivity index (χ3n) is 4.44. The fraction of sp³-hybridized carbons (Fsp3) is 1.00. The summed E-state index contributed by atoms with van der Waals surface area (Å²) >= 11 is 0. The summed E-state index contributed by atoms with van der Waals surface area (Å²) in [5.41, 5.74) is 5.87. The molecule has 0 radical (unpaired) electrons. The number of ether oxygens (including phenoxy) is 1. The minimum absolute atomic E-state index is 0.722. The van der Waals surface area contributed by atoms with Crippen molar-refractivity contribution in [3.8, 4) is 0 Å². The standard InChI is InChI=1S/C13H26N2O/c1-15(12-5-3-8-16-9-7-12)13-6-2-4-11(13)10-14/h11-13H,2-10,14H2,1H3. The maximum Gasteiger partial charge on any atom is 0.0480 e. The molecule has 2 rings (SSSR count). The summed E-state index contributed by atoms with van der Waals surface area (Å²) in [4.78, 5) is 2.61. The molecule has 1 aliphatic heterocycles. The molecule has 2 fully saturated rings. The van der Waals surface area contributed by atoms with Crippen LogP contribution in [-0.4, -0.2) is 43.8 Å². The van der Waals surface area contributed by atoms with E-state index in [1.54, 1.807) is 0 Å². The van der Waals surface area contributed by atoms with Crippen LogP contribution in [0.3, 0.4) is 0 Å². The van der Waals surface area contributed by atoms with Gasteiger partial charge in [0.1, 0.15) is 0 Å². The third kappa shape index (κ3) is 2.76. The van der Waals surface area contributed by atoms with Crippen molar-refractivity contribution in [3.63, 3.8) is 0 Å². The lowest BCUT2D eigenvalue weighted by molar-refractivity contribution is 0.111. The summed E-state index contributed by atoms with van der Waals surface area (Å²) in [6, 6.07) is 1.45. The van der Waals surface area contributed by atoms with E-state index in [0.717, 1.165) is 37.8 Å². The van der Waals surface area contributed by atoms with Gasteiger partial charge < -0.3 is 15.4 Å². The van der Waals surface area contributed by atoms with Gasteiger partial charge in [-0.2, -0.15) is 0 Å². The number of nitrogens with two attached hydrogens (primary N) is 1. The lowest BCUT2D eigenvalue weighted by Crippen LogP contribution is -2.44. The van der Waals surface area contributed by atoms with Gasteiger partial charge in [0.05, 0.1) is 0 Å². The van der Waals surface area contributed by atoms with Crippen molar-refractivity contribution >= 4 is 0 Å². The van der Waals surface area contributed by atoms with Gasteiger partial charge in [0.2, 0.25) is 0 Å².